The molecule has 0 radical (unpaired) electrons. The molecule has 1 aromatic carbocycles. The van der Waals surface area contributed by atoms with E-state index in [1.54, 1.807) is 0 Å². The molecule has 27 heavy (non-hydrogen) atoms. The van der Waals surface area contributed by atoms with Crippen LogP contribution in [0.4, 0.5) is 0 Å². The number of piperidine rings is 1. The first-order valence-electron chi connectivity index (χ1n) is 8.91. The van der Waals surface area contributed by atoms with E-state index in [1.165, 1.54) is 9.87 Å². The standard InChI is InChI=1S/C17H24N6O3S/c18-17(19)27(24,25)23-11-5-4-8-14(23)16-21-15(26-22-16)9-10-20-12-13-6-2-1-3-7-13/h1-3,6-7,14,20H,4-5,8-12H2,(H3,18,19). The predicted molar refractivity (Wildman–Crippen MR) is 100 cm³/mol. The lowest BCUT2D eigenvalue weighted by Crippen LogP contribution is -2.44. The molecular weight excluding hydrogens is 368 g/mol. The number of nitrogens with one attached hydrogen (secondary N) is 2. The van der Waals surface area contributed by atoms with Gasteiger partial charge in [0.25, 0.3) is 10.0 Å². The van der Waals surface area contributed by atoms with Crippen molar-refractivity contribution in [2.24, 2.45) is 5.73 Å². The van der Waals surface area contributed by atoms with E-state index >= 15 is 0 Å². The molecule has 2 aromatic rings. The molecule has 1 atom stereocenters. The first kappa shape index (κ1) is 19.5. The summed E-state index contributed by atoms with van der Waals surface area (Å²) in [6, 6.07) is 9.51. The van der Waals surface area contributed by atoms with Crippen molar-refractivity contribution in [2.75, 3.05) is 13.1 Å². The Morgan fingerprint density at radius 1 is 1.33 bits per heavy atom. The fourth-order valence-electron chi connectivity index (χ4n) is 3.11. The number of hydrogen-bond acceptors (Lipinski definition) is 7. The summed E-state index contributed by atoms with van der Waals surface area (Å²) < 4.78 is 31.1. The van der Waals surface area contributed by atoms with Crippen molar-refractivity contribution in [3.63, 3.8) is 0 Å². The highest BCUT2D eigenvalue weighted by atomic mass is 32.2. The third-order valence-electron chi connectivity index (χ3n) is 4.51. The number of aromatic nitrogens is 2. The van der Waals surface area contributed by atoms with Gasteiger partial charge in [-0.1, -0.05) is 41.9 Å². The van der Waals surface area contributed by atoms with E-state index in [0.29, 0.717) is 37.6 Å². The molecule has 1 unspecified atom stereocenters. The third kappa shape index (κ3) is 4.71. The van der Waals surface area contributed by atoms with Crippen LogP contribution in [0.25, 0.3) is 0 Å². The molecule has 3 rings (SSSR count). The fraction of sp³-hybridized carbons (Fsp3) is 0.471. The maximum Gasteiger partial charge on any atom is 0.276 e. The van der Waals surface area contributed by atoms with E-state index in [9.17, 15) is 8.42 Å². The zero-order valence-electron chi connectivity index (χ0n) is 15.0. The lowest BCUT2D eigenvalue weighted by molar-refractivity contribution is 0.243. The monoisotopic (exact) mass is 392 g/mol. The molecule has 1 fully saturated rings. The van der Waals surface area contributed by atoms with Gasteiger partial charge in [0.05, 0.1) is 6.04 Å². The Labute approximate surface area is 158 Å². The minimum atomic E-state index is -3.98. The summed E-state index contributed by atoms with van der Waals surface area (Å²) in [5.41, 5.74) is 6.45. The summed E-state index contributed by atoms with van der Waals surface area (Å²) in [7, 11) is -3.98. The van der Waals surface area contributed by atoms with Crippen molar-refractivity contribution >= 4 is 15.2 Å². The van der Waals surface area contributed by atoms with E-state index in [2.05, 4.69) is 15.5 Å². The van der Waals surface area contributed by atoms with Gasteiger partial charge in [-0.05, 0) is 18.4 Å². The number of hydrogen-bond donors (Lipinski definition) is 3. The second-order valence-electron chi connectivity index (χ2n) is 6.45. The zero-order chi connectivity index (χ0) is 19.3. The van der Waals surface area contributed by atoms with Crippen LogP contribution < -0.4 is 11.1 Å². The summed E-state index contributed by atoms with van der Waals surface area (Å²) >= 11 is 0. The van der Waals surface area contributed by atoms with Crippen LogP contribution in [0.5, 0.6) is 0 Å². The van der Waals surface area contributed by atoms with Gasteiger partial charge in [-0.2, -0.15) is 9.29 Å². The number of sulfonamides is 1. The van der Waals surface area contributed by atoms with Crippen molar-refractivity contribution < 1.29 is 12.9 Å². The normalized spacial score (nSPS) is 18.4. The Hall–Kier alpha value is -2.30. The molecule has 0 spiro atoms. The van der Waals surface area contributed by atoms with Crippen molar-refractivity contribution in [3.05, 3.63) is 47.6 Å². The van der Waals surface area contributed by atoms with E-state index in [4.69, 9.17) is 15.7 Å². The van der Waals surface area contributed by atoms with Gasteiger partial charge >= 0.3 is 0 Å². The highest BCUT2D eigenvalue weighted by Crippen LogP contribution is 2.31. The lowest BCUT2D eigenvalue weighted by Gasteiger charge is -2.31. The van der Waals surface area contributed by atoms with Crippen LogP contribution in [0.1, 0.15) is 42.6 Å². The number of nitrogens with zero attached hydrogens (tertiary/aromatic N) is 3. The van der Waals surface area contributed by atoms with Crippen LogP contribution in [0.3, 0.4) is 0 Å². The molecule has 0 amide bonds. The smallest absolute Gasteiger partial charge is 0.276 e. The first-order valence-corrected chi connectivity index (χ1v) is 10.4. The number of nitrogens with two attached hydrogens (primary N) is 1. The quantitative estimate of drug-likeness (QED) is 0.365. The molecule has 1 saturated heterocycles. The van der Waals surface area contributed by atoms with Crippen LogP contribution in [-0.2, 0) is 23.0 Å². The van der Waals surface area contributed by atoms with Gasteiger partial charge in [0, 0.05) is 26.1 Å². The van der Waals surface area contributed by atoms with Crippen LogP contribution in [0.15, 0.2) is 34.9 Å². The van der Waals surface area contributed by atoms with Crippen LogP contribution in [0.2, 0.25) is 0 Å². The molecule has 146 valence electrons. The number of rotatable bonds is 7. The number of amidine groups is 1. The van der Waals surface area contributed by atoms with Crippen molar-refractivity contribution in [2.45, 2.75) is 38.3 Å². The third-order valence-corrected chi connectivity index (χ3v) is 6.12. The second-order valence-corrected chi connectivity index (χ2v) is 8.31. The van der Waals surface area contributed by atoms with E-state index in [0.717, 1.165) is 19.4 Å². The summed E-state index contributed by atoms with van der Waals surface area (Å²) in [5, 5.41) is 13.8. The highest BCUT2D eigenvalue weighted by molar-refractivity contribution is 8.04. The minimum Gasteiger partial charge on any atom is -0.373 e. The molecule has 0 saturated carbocycles. The highest BCUT2D eigenvalue weighted by Gasteiger charge is 2.37. The average Bonchev–Trinajstić information content (AvgIpc) is 3.15. The van der Waals surface area contributed by atoms with E-state index in [1.807, 2.05) is 30.3 Å². The molecule has 10 heteroatoms. The maximum atomic E-state index is 12.3. The largest absolute Gasteiger partial charge is 0.373 e. The average molecular weight is 392 g/mol. The zero-order valence-corrected chi connectivity index (χ0v) is 15.8. The lowest BCUT2D eigenvalue weighted by atomic mass is 10.0. The van der Waals surface area contributed by atoms with Crippen LogP contribution in [0, 0.1) is 5.41 Å². The second kappa shape index (κ2) is 8.59. The molecule has 0 bridgehead atoms. The van der Waals surface area contributed by atoms with E-state index in [-0.39, 0.29) is 0 Å². The molecule has 1 aliphatic rings. The Balaban J connectivity index is 1.59. The van der Waals surface area contributed by atoms with Crippen molar-refractivity contribution in [3.8, 4) is 0 Å². The number of benzene rings is 1. The summed E-state index contributed by atoms with van der Waals surface area (Å²) in [5.74, 6) is 0.786. The molecule has 2 heterocycles. The van der Waals surface area contributed by atoms with Crippen LogP contribution >= 0.6 is 0 Å². The SMILES string of the molecule is N=C(N)S(=O)(=O)N1CCCCC1c1noc(CCNCc2ccccc2)n1. The molecule has 4 N–H and O–H groups in total. The first-order chi connectivity index (χ1) is 13.0. The maximum absolute atomic E-state index is 12.3. The van der Waals surface area contributed by atoms with Gasteiger partial charge in [0.1, 0.15) is 0 Å². The minimum absolute atomic E-state index is 0.301. The van der Waals surface area contributed by atoms with Crippen molar-refractivity contribution in [1.82, 2.24) is 19.8 Å². The summed E-state index contributed by atoms with van der Waals surface area (Å²) in [6.07, 6.45) is 2.71. The van der Waals surface area contributed by atoms with Crippen LogP contribution in [-0.4, -0.2) is 41.1 Å². The Morgan fingerprint density at radius 3 is 2.85 bits per heavy atom. The molecule has 1 aromatic heterocycles. The Bertz CT molecular complexity index is 868. The van der Waals surface area contributed by atoms with Gasteiger partial charge in [-0.3, -0.25) is 5.41 Å². The molecule has 1 aliphatic heterocycles. The molecule has 0 aliphatic carbocycles. The Kier molecular flexibility index (Phi) is 6.19. The predicted octanol–water partition coefficient (Wildman–Crippen LogP) is 1.15. The van der Waals surface area contributed by atoms with Gasteiger partial charge in [0.2, 0.25) is 11.1 Å². The molecule has 9 nitrogen and oxygen atoms in total. The summed E-state index contributed by atoms with van der Waals surface area (Å²) in [6.45, 7) is 1.71. The van der Waals surface area contributed by atoms with Gasteiger partial charge in [-0.15, -0.1) is 0 Å². The van der Waals surface area contributed by atoms with Gasteiger partial charge in [0.15, 0.2) is 5.82 Å². The fourth-order valence-corrected chi connectivity index (χ4v) is 4.26. The van der Waals surface area contributed by atoms with Gasteiger partial charge in [-0.25, -0.2) is 8.42 Å². The summed E-state index contributed by atoms with van der Waals surface area (Å²) in [4.78, 5) is 4.37. The van der Waals surface area contributed by atoms with Crippen molar-refractivity contribution in [1.29, 1.82) is 5.41 Å². The topological polar surface area (TPSA) is 138 Å². The van der Waals surface area contributed by atoms with E-state index < -0.39 is 21.2 Å². The van der Waals surface area contributed by atoms with Gasteiger partial charge < -0.3 is 15.6 Å². The molecular formula is C17H24N6O3S. The Morgan fingerprint density at radius 2 is 2.11 bits per heavy atom.